The van der Waals surface area contributed by atoms with Crippen molar-refractivity contribution in [2.24, 2.45) is 0 Å². The second kappa shape index (κ2) is 11.9. The summed E-state index contributed by atoms with van der Waals surface area (Å²) in [5.74, 6) is -0.724. The number of nitrogens with zero attached hydrogens (tertiary/aromatic N) is 2. The number of esters is 2. The molecule has 0 aliphatic carbocycles. The standard InChI is InChI=1S/C27H32N2O6/c1-3-33-26(30)22(27(31)34-4-2)18-29-19-25(21-8-6-5-7-9-21)35-24-16-20(10-11-23(24)29)17-28-12-14-32-15-13-28/h5-11,16,18,25H,3-4,12-15,17,19H2,1-2H3. The van der Waals surface area contributed by atoms with Gasteiger partial charge in [-0.1, -0.05) is 36.4 Å². The summed E-state index contributed by atoms with van der Waals surface area (Å²) in [6.07, 6.45) is 1.23. The zero-order chi connectivity index (χ0) is 24.6. The minimum Gasteiger partial charge on any atom is -0.482 e. The molecule has 0 N–H and O–H groups in total. The molecule has 35 heavy (non-hydrogen) atoms. The number of rotatable bonds is 8. The number of carbonyl (C=O) groups is 2. The van der Waals surface area contributed by atoms with Gasteiger partial charge in [0.25, 0.3) is 0 Å². The first-order valence-corrected chi connectivity index (χ1v) is 12.1. The lowest BCUT2D eigenvalue weighted by Gasteiger charge is -2.35. The van der Waals surface area contributed by atoms with Crippen molar-refractivity contribution >= 4 is 17.6 Å². The third-order valence-corrected chi connectivity index (χ3v) is 5.92. The predicted molar refractivity (Wildman–Crippen MR) is 131 cm³/mol. The molecule has 2 aliphatic rings. The van der Waals surface area contributed by atoms with Crippen LogP contribution >= 0.6 is 0 Å². The Morgan fingerprint density at radius 1 is 1.00 bits per heavy atom. The lowest BCUT2D eigenvalue weighted by atomic mass is 10.0. The van der Waals surface area contributed by atoms with Crippen LogP contribution < -0.4 is 9.64 Å². The maximum Gasteiger partial charge on any atom is 0.347 e. The molecule has 0 spiro atoms. The number of morpholine rings is 1. The monoisotopic (exact) mass is 480 g/mol. The highest BCUT2D eigenvalue weighted by molar-refractivity contribution is 6.14. The predicted octanol–water partition coefficient (Wildman–Crippen LogP) is 3.47. The van der Waals surface area contributed by atoms with Crippen LogP contribution in [0.4, 0.5) is 5.69 Å². The summed E-state index contributed by atoms with van der Waals surface area (Å²) < 4.78 is 22.2. The van der Waals surface area contributed by atoms with Crippen LogP contribution in [0.3, 0.4) is 0 Å². The molecule has 2 heterocycles. The molecule has 8 heteroatoms. The average molecular weight is 481 g/mol. The van der Waals surface area contributed by atoms with Crippen LogP contribution in [-0.2, 0) is 30.3 Å². The van der Waals surface area contributed by atoms with Crippen molar-refractivity contribution in [2.45, 2.75) is 26.5 Å². The fourth-order valence-corrected chi connectivity index (χ4v) is 4.20. The maximum atomic E-state index is 12.6. The van der Waals surface area contributed by atoms with E-state index in [1.165, 1.54) is 6.20 Å². The minimum absolute atomic E-state index is 0.147. The van der Waals surface area contributed by atoms with E-state index in [4.69, 9.17) is 18.9 Å². The highest BCUT2D eigenvalue weighted by atomic mass is 16.6. The molecule has 0 saturated carbocycles. The van der Waals surface area contributed by atoms with Gasteiger partial charge in [-0.05, 0) is 37.1 Å². The van der Waals surface area contributed by atoms with Gasteiger partial charge in [0.2, 0.25) is 0 Å². The first-order chi connectivity index (χ1) is 17.1. The van der Waals surface area contributed by atoms with E-state index < -0.39 is 11.9 Å². The maximum absolute atomic E-state index is 12.6. The number of fused-ring (bicyclic) bond motifs is 1. The Hall–Kier alpha value is -3.36. The van der Waals surface area contributed by atoms with Crippen molar-refractivity contribution in [2.75, 3.05) is 51.0 Å². The molecule has 0 amide bonds. The van der Waals surface area contributed by atoms with Gasteiger partial charge in [-0.15, -0.1) is 0 Å². The molecule has 1 unspecified atom stereocenters. The van der Waals surface area contributed by atoms with Gasteiger partial charge in [0.05, 0.1) is 38.7 Å². The van der Waals surface area contributed by atoms with Gasteiger partial charge in [-0.3, -0.25) is 4.90 Å². The number of hydrogen-bond donors (Lipinski definition) is 0. The van der Waals surface area contributed by atoms with E-state index in [1.807, 2.05) is 47.4 Å². The zero-order valence-electron chi connectivity index (χ0n) is 20.3. The molecule has 1 fully saturated rings. The molecule has 2 aromatic rings. The fraction of sp³-hybridized carbons (Fsp3) is 0.407. The van der Waals surface area contributed by atoms with Crippen LogP contribution in [0.25, 0.3) is 0 Å². The summed E-state index contributed by atoms with van der Waals surface area (Å²) in [6, 6.07) is 16.0. The Morgan fingerprint density at radius 2 is 1.69 bits per heavy atom. The van der Waals surface area contributed by atoms with Crippen molar-refractivity contribution in [1.29, 1.82) is 0 Å². The second-order valence-electron chi connectivity index (χ2n) is 8.34. The van der Waals surface area contributed by atoms with Gasteiger partial charge < -0.3 is 23.8 Å². The lowest BCUT2D eigenvalue weighted by molar-refractivity contribution is -0.146. The van der Waals surface area contributed by atoms with E-state index in [0.29, 0.717) is 12.3 Å². The molecule has 1 atom stereocenters. The first kappa shape index (κ1) is 24.8. The topological polar surface area (TPSA) is 77.5 Å². The molecular formula is C27H32N2O6. The third-order valence-electron chi connectivity index (χ3n) is 5.92. The minimum atomic E-state index is -0.709. The smallest absolute Gasteiger partial charge is 0.347 e. The van der Waals surface area contributed by atoms with Gasteiger partial charge in [0.15, 0.2) is 5.57 Å². The molecular weight excluding hydrogens is 448 g/mol. The summed E-state index contributed by atoms with van der Waals surface area (Å²) in [5.41, 5.74) is 2.75. The Kier molecular flexibility index (Phi) is 8.39. The van der Waals surface area contributed by atoms with Crippen molar-refractivity contribution in [1.82, 2.24) is 4.90 Å². The van der Waals surface area contributed by atoms with Crippen LogP contribution in [0.5, 0.6) is 5.75 Å². The summed E-state index contributed by atoms with van der Waals surface area (Å²) in [4.78, 5) is 29.4. The van der Waals surface area contributed by atoms with Crippen molar-refractivity contribution in [3.8, 4) is 5.75 Å². The Morgan fingerprint density at radius 3 is 2.34 bits per heavy atom. The van der Waals surface area contributed by atoms with Gasteiger partial charge in [-0.25, -0.2) is 9.59 Å². The van der Waals surface area contributed by atoms with Crippen molar-refractivity contribution < 1.29 is 28.5 Å². The Bertz CT molecular complexity index is 1030. The quantitative estimate of drug-likeness (QED) is 0.246. The molecule has 0 radical (unpaired) electrons. The molecule has 186 valence electrons. The number of hydrogen-bond acceptors (Lipinski definition) is 8. The third kappa shape index (κ3) is 6.21. The van der Waals surface area contributed by atoms with Crippen LogP contribution in [-0.4, -0.2) is 62.9 Å². The number of benzene rings is 2. The van der Waals surface area contributed by atoms with Gasteiger partial charge in [-0.2, -0.15) is 0 Å². The van der Waals surface area contributed by atoms with E-state index in [-0.39, 0.29) is 24.9 Å². The van der Waals surface area contributed by atoms with E-state index in [2.05, 4.69) is 11.0 Å². The molecule has 1 saturated heterocycles. The highest BCUT2D eigenvalue weighted by Gasteiger charge is 2.30. The molecule has 0 aromatic heterocycles. The van der Waals surface area contributed by atoms with E-state index in [1.54, 1.807) is 13.8 Å². The summed E-state index contributed by atoms with van der Waals surface area (Å²) in [5, 5.41) is 0. The molecule has 2 aromatic carbocycles. The van der Waals surface area contributed by atoms with Gasteiger partial charge in [0.1, 0.15) is 11.9 Å². The SMILES string of the molecule is CCOC(=O)C(=CN1CC(c2ccccc2)Oc2cc(CN3CCOCC3)ccc21)C(=O)OCC. The van der Waals surface area contributed by atoms with Gasteiger partial charge >= 0.3 is 11.9 Å². The number of carbonyl (C=O) groups excluding carboxylic acids is 2. The Balaban J connectivity index is 1.69. The summed E-state index contributed by atoms with van der Waals surface area (Å²) >= 11 is 0. The highest BCUT2D eigenvalue weighted by Crippen LogP contribution is 2.39. The summed E-state index contributed by atoms with van der Waals surface area (Å²) in [7, 11) is 0. The fourth-order valence-electron chi connectivity index (χ4n) is 4.20. The molecule has 4 rings (SSSR count). The van der Waals surface area contributed by atoms with E-state index >= 15 is 0 Å². The average Bonchev–Trinajstić information content (AvgIpc) is 2.88. The second-order valence-corrected chi connectivity index (χ2v) is 8.34. The lowest BCUT2D eigenvalue weighted by Crippen LogP contribution is -2.36. The Labute approximate surface area is 206 Å². The molecule has 8 nitrogen and oxygen atoms in total. The normalized spacial score (nSPS) is 17.7. The van der Waals surface area contributed by atoms with Crippen molar-refractivity contribution in [3.63, 3.8) is 0 Å². The summed E-state index contributed by atoms with van der Waals surface area (Å²) in [6.45, 7) is 8.19. The number of anilines is 1. The molecule has 0 bridgehead atoms. The number of ether oxygens (including phenoxy) is 4. The molecule has 2 aliphatic heterocycles. The van der Waals surface area contributed by atoms with Crippen LogP contribution in [0, 0.1) is 0 Å². The van der Waals surface area contributed by atoms with Crippen LogP contribution in [0.2, 0.25) is 0 Å². The van der Waals surface area contributed by atoms with E-state index in [0.717, 1.165) is 49.7 Å². The zero-order valence-corrected chi connectivity index (χ0v) is 20.3. The van der Waals surface area contributed by atoms with Crippen LogP contribution in [0.15, 0.2) is 60.3 Å². The van der Waals surface area contributed by atoms with E-state index in [9.17, 15) is 9.59 Å². The van der Waals surface area contributed by atoms with Crippen LogP contribution in [0.1, 0.15) is 31.1 Å². The van der Waals surface area contributed by atoms with Crippen molar-refractivity contribution in [3.05, 3.63) is 71.4 Å². The largest absolute Gasteiger partial charge is 0.482 e. The van der Waals surface area contributed by atoms with Gasteiger partial charge in [0, 0.05) is 25.8 Å². The first-order valence-electron chi connectivity index (χ1n) is 12.1.